The number of carbonyl (C=O) groups is 1. The van der Waals surface area contributed by atoms with Crippen LogP contribution in [0.2, 0.25) is 0 Å². The molecule has 2 aromatic heterocycles. The van der Waals surface area contributed by atoms with Crippen molar-refractivity contribution in [3.8, 4) is 0 Å². The molecular formula is C13H14N4OS. The van der Waals surface area contributed by atoms with Gasteiger partial charge in [-0.3, -0.25) is 19.7 Å². The van der Waals surface area contributed by atoms with E-state index in [0.29, 0.717) is 5.13 Å². The van der Waals surface area contributed by atoms with E-state index in [1.165, 1.54) is 23.2 Å². The molecule has 2 aromatic rings. The highest BCUT2D eigenvalue weighted by Crippen LogP contribution is 2.22. The lowest BCUT2D eigenvalue weighted by Crippen LogP contribution is -2.22. The van der Waals surface area contributed by atoms with Crippen molar-refractivity contribution in [3.05, 3.63) is 35.4 Å². The van der Waals surface area contributed by atoms with Crippen LogP contribution in [0.5, 0.6) is 0 Å². The van der Waals surface area contributed by atoms with Crippen molar-refractivity contribution in [3.63, 3.8) is 0 Å². The van der Waals surface area contributed by atoms with Gasteiger partial charge in [0.25, 0.3) is 0 Å². The Labute approximate surface area is 115 Å². The summed E-state index contributed by atoms with van der Waals surface area (Å²) in [5, 5.41) is 2.60. The van der Waals surface area contributed by atoms with Crippen LogP contribution < -0.4 is 4.90 Å². The van der Waals surface area contributed by atoms with Crippen LogP contribution in [0, 0.1) is 0 Å². The minimum atomic E-state index is -0.0319. The van der Waals surface area contributed by atoms with Gasteiger partial charge < -0.3 is 0 Å². The van der Waals surface area contributed by atoms with Crippen LogP contribution in [0.3, 0.4) is 0 Å². The predicted octanol–water partition coefficient (Wildman–Crippen LogP) is 2.48. The SMILES string of the molecule is CC(=O)N(C)c1nc(/C=C(\C)c2cnccn2)cs1. The van der Waals surface area contributed by atoms with Gasteiger partial charge in [0.05, 0.1) is 17.6 Å². The van der Waals surface area contributed by atoms with E-state index in [2.05, 4.69) is 15.0 Å². The van der Waals surface area contributed by atoms with Crippen LogP contribution in [0.4, 0.5) is 5.13 Å². The number of carbonyl (C=O) groups excluding carboxylic acids is 1. The van der Waals surface area contributed by atoms with Crippen LogP contribution >= 0.6 is 11.3 Å². The van der Waals surface area contributed by atoms with E-state index in [9.17, 15) is 4.79 Å². The Bertz CT molecular complexity index is 606. The van der Waals surface area contributed by atoms with Gasteiger partial charge in [0.15, 0.2) is 5.13 Å². The van der Waals surface area contributed by atoms with Crippen molar-refractivity contribution in [1.29, 1.82) is 0 Å². The monoisotopic (exact) mass is 274 g/mol. The molecule has 0 aliphatic rings. The van der Waals surface area contributed by atoms with Crippen LogP contribution in [0.25, 0.3) is 11.6 Å². The fraction of sp³-hybridized carbons (Fsp3) is 0.231. The molecule has 1 amide bonds. The van der Waals surface area contributed by atoms with Crippen LogP contribution in [-0.4, -0.2) is 27.9 Å². The van der Waals surface area contributed by atoms with E-state index >= 15 is 0 Å². The van der Waals surface area contributed by atoms with E-state index in [0.717, 1.165) is 17.0 Å². The summed E-state index contributed by atoms with van der Waals surface area (Å²) in [7, 11) is 1.71. The highest BCUT2D eigenvalue weighted by molar-refractivity contribution is 7.14. The van der Waals surface area contributed by atoms with Gasteiger partial charge in [0, 0.05) is 31.7 Å². The van der Waals surface area contributed by atoms with E-state index in [1.807, 2.05) is 18.4 Å². The summed E-state index contributed by atoms with van der Waals surface area (Å²) in [5.41, 5.74) is 2.61. The van der Waals surface area contributed by atoms with E-state index in [4.69, 9.17) is 0 Å². The van der Waals surface area contributed by atoms with E-state index < -0.39 is 0 Å². The molecule has 0 unspecified atom stereocenters. The maximum Gasteiger partial charge on any atom is 0.225 e. The summed E-state index contributed by atoms with van der Waals surface area (Å²) < 4.78 is 0. The molecule has 2 rings (SSSR count). The maximum absolute atomic E-state index is 11.3. The molecule has 0 aliphatic heterocycles. The van der Waals surface area contributed by atoms with Gasteiger partial charge >= 0.3 is 0 Å². The molecule has 98 valence electrons. The molecule has 0 radical (unpaired) electrons. The normalized spacial score (nSPS) is 11.4. The van der Waals surface area contributed by atoms with Crippen LogP contribution in [0.15, 0.2) is 24.0 Å². The number of allylic oxidation sites excluding steroid dienone is 1. The topological polar surface area (TPSA) is 59.0 Å². The molecule has 0 saturated carbocycles. The van der Waals surface area contributed by atoms with Gasteiger partial charge in [0.1, 0.15) is 0 Å². The van der Waals surface area contributed by atoms with Gasteiger partial charge in [-0.05, 0) is 18.6 Å². The summed E-state index contributed by atoms with van der Waals surface area (Å²) in [6.07, 6.45) is 6.93. The van der Waals surface area contributed by atoms with Crippen molar-refractivity contribution >= 4 is 34.0 Å². The average molecular weight is 274 g/mol. The third kappa shape index (κ3) is 3.23. The Morgan fingerprint density at radius 2 is 2.16 bits per heavy atom. The number of aromatic nitrogens is 3. The third-order valence-electron chi connectivity index (χ3n) is 2.60. The predicted molar refractivity (Wildman–Crippen MR) is 76.8 cm³/mol. The van der Waals surface area contributed by atoms with Crippen molar-refractivity contribution in [1.82, 2.24) is 15.0 Å². The fourth-order valence-corrected chi connectivity index (χ4v) is 2.22. The largest absolute Gasteiger partial charge is 0.291 e. The number of thiazole rings is 1. The zero-order valence-electron chi connectivity index (χ0n) is 11.0. The first-order valence-corrected chi connectivity index (χ1v) is 6.60. The quantitative estimate of drug-likeness (QED) is 0.862. The Balaban J connectivity index is 2.22. The number of amides is 1. The molecule has 0 bridgehead atoms. The minimum Gasteiger partial charge on any atom is -0.291 e. The second-order valence-corrected chi connectivity index (χ2v) is 4.89. The highest BCUT2D eigenvalue weighted by Gasteiger charge is 2.09. The first-order valence-electron chi connectivity index (χ1n) is 5.72. The molecule has 19 heavy (non-hydrogen) atoms. The summed E-state index contributed by atoms with van der Waals surface area (Å²) in [6, 6.07) is 0. The molecule has 0 fully saturated rings. The first kappa shape index (κ1) is 13.4. The zero-order chi connectivity index (χ0) is 13.8. The molecule has 6 heteroatoms. The average Bonchev–Trinajstić information content (AvgIpc) is 2.87. The Hall–Kier alpha value is -2.08. The van der Waals surface area contributed by atoms with E-state index in [1.54, 1.807) is 25.6 Å². The molecule has 0 spiro atoms. The molecule has 5 nitrogen and oxygen atoms in total. The number of rotatable bonds is 3. The van der Waals surface area contributed by atoms with Crippen molar-refractivity contribution in [2.75, 3.05) is 11.9 Å². The lowest BCUT2D eigenvalue weighted by molar-refractivity contribution is -0.116. The van der Waals surface area contributed by atoms with Crippen molar-refractivity contribution in [2.24, 2.45) is 0 Å². The number of hydrogen-bond donors (Lipinski definition) is 0. The summed E-state index contributed by atoms with van der Waals surface area (Å²) >= 11 is 1.44. The number of hydrogen-bond acceptors (Lipinski definition) is 5. The van der Waals surface area contributed by atoms with Crippen molar-refractivity contribution < 1.29 is 4.79 Å². The number of nitrogens with zero attached hydrogens (tertiary/aromatic N) is 4. The standard InChI is InChI=1S/C13H14N4OS/c1-9(12-7-14-4-5-15-12)6-11-8-19-13(16-11)17(3)10(2)18/h4-8H,1-3H3/b9-6+. The second kappa shape index (κ2) is 5.71. The highest BCUT2D eigenvalue weighted by atomic mass is 32.1. The lowest BCUT2D eigenvalue weighted by atomic mass is 10.2. The maximum atomic E-state index is 11.3. The lowest BCUT2D eigenvalue weighted by Gasteiger charge is -2.09. The van der Waals surface area contributed by atoms with Gasteiger partial charge in [0.2, 0.25) is 5.91 Å². The summed E-state index contributed by atoms with van der Waals surface area (Å²) in [6.45, 7) is 3.47. The Kier molecular flexibility index (Phi) is 4.01. The van der Waals surface area contributed by atoms with Gasteiger partial charge in [-0.2, -0.15) is 0 Å². The Morgan fingerprint density at radius 1 is 1.37 bits per heavy atom. The molecule has 0 aliphatic carbocycles. The molecule has 0 aromatic carbocycles. The zero-order valence-corrected chi connectivity index (χ0v) is 11.8. The van der Waals surface area contributed by atoms with Crippen molar-refractivity contribution in [2.45, 2.75) is 13.8 Å². The molecular weight excluding hydrogens is 260 g/mol. The molecule has 0 N–H and O–H groups in total. The summed E-state index contributed by atoms with van der Waals surface area (Å²) in [4.78, 5) is 25.4. The van der Waals surface area contributed by atoms with E-state index in [-0.39, 0.29) is 5.91 Å². The molecule has 0 saturated heterocycles. The van der Waals surface area contributed by atoms with Crippen LogP contribution in [0.1, 0.15) is 25.2 Å². The third-order valence-corrected chi connectivity index (χ3v) is 3.54. The molecule has 0 atom stereocenters. The van der Waals surface area contributed by atoms with Crippen LogP contribution in [-0.2, 0) is 4.79 Å². The molecule has 2 heterocycles. The smallest absolute Gasteiger partial charge is 0.225 e. The summed E-state index contributed by atoms with van der Waals surface area (Å²) in [5.74, 6) is -0.0319. The first-order chi connectivity index (χ1) is 9.08. The Morgan fingerprint density at radius 3 is 2.79 bits per heavy atom. The number of anilines is 1. The fourth-order valence-electron chi connectivity index (χ4n) is 1.43. The van der Waals surface area contributed by atoms with Gasteiger partial charge in [-0.15, -0.1) is 11.3 Å². The minimum absolute atomic E-state index is 0.0319. The second-order valence-electron chi connectivity index (χ2n) is 4.05. The van der Waals surface area contributed by atoms with Gasteiger partial charge in [-0.1, -0.05) is 0 Å². The van der Waals surface area contributed by atoms with Gasteiger partial charge in [-0.25, -0.2) is 4.98 Å².